The molecule has 0 aliphatic carbocycles. The highest BCUT2D eigenvalue weighted by atomic mass is 16.3. The van der Waals surface area contributed by atoms with Gasteiger partial charge in [-0.15, -0.1) is 0 Å². The zero-order valence-corrected chi connectivity index (χ0v) is 26.0. The highest BCUT2D eigenvalue weighted by Crippen LogP contribution is 2.48. The molecule has 3 nitrogen and oxygen atoms in total. The maximum atomic E-state index is 8.89. The second-order valence-corrected chi connectivity index (χ2v) is 12.1. The van der Waals surface area contributed by atoms with Crippen molar-refractivity contribution in [2.75, 3.05) is 0 Å². The van der Waals surface area contributed by atoms with Gasteiger partial charge in [0.15, 0.2) is 0 Å². The molecule has 0 saturated heterocycles. The summed E-state index contributed by atoms with van der Waals surface area (Å²) in [6.07, 6.45) is 0. The molecule has 0 bridgehead atoms. The van der Waals surface area contributed by atoms with Crippen molar-refractivity contribution in [3.63, 3.8) is 0 Å². The van der Waals surface area contributed by atoms with E-state index in [0.717, 1.165) is 60.2 Å². The average molecular weight is 635 g/mol. The van der Waals surface area contributed by atoms with Crippen LogP contribution in [0.3, 0.4) is 0 Å². The molecule has 10 aromatic rings. The highest BCUT2D eigenvalue weighted by molar-refractivity contribution is 6.26. The zero-order valence-electron chi connectivity index (χ0n) is 34.0. The number of fused-ring (bicyclic) bond motifs is 6. The molecule has 0 spiro atoms. The van der Waals surface area contributed by atoms with Crippen molar-refractivity contribution in [1.29, 1.82) is 0 Å². The number of aromatic nitrogens is 2. The lowest BCUT2D eigenvalue weighted by Gasteiger charge is -2.21. The molecule has 3 heteroatoms. The second kappa shape index (κ2) is 10.8. The van der Waals surface area contributed by atoms with Crippen LogP contribution in [0.25, 0.3) is 93.6 Å². The van der Waals surface area contributed by atoms with E-state index in [2.05, 4.69) is 23.2 Å². The van der Waals surface area contributed by atoms with E-state index in [4.69, 9.17) is 15.4 Å². The zero-order chi connectivity index (χ0) is 39.3. The van der Waals surface area contributed by atoms with Crippen LogP contribution in [0.4, 0.5) is 0 Å². The smallest absolute Gasteiger partial charge is 0.136 e. The van der Waals surface area contributed by atoms with E-state index in [1.54, 1.807) is 10.6 Å². The van der Waals surface area contributed by atoms with Gasteiger partial charge < -0.3 is 4.42 Å². The predicted octanol–water partition coefficient (Wildman–Crippen LogP) is 12.5. The highest BCUT2D eigenvalue weighted by Gasteiger charge is 2.23. The minimum atomic E-state index is -2.52. The minimum Gasteiger partial charge on any atom is -0.456 e. The van der Waals surface area contributed by atoms with Crippen molar-refractivity contribution in [2.24, 2.45) is 0 Å². The van der Waals surface area contributed by atoms with Gasteiger partial charge in [0.2, 0.25) is 0 Å². The molecule has 0 saturated carbocycles. The van der Waals surface area contributed by atoms with E-state index in [-0.39, 0.29) is 23.5 Å². The molecule has 0 atom stereocenters. The topological polar surface area (TPSA) is 31.0 Å². The van der Waals surface area contributed by atoms with E-state index < -0.39 is 25.0 Å². The van der Waals surface area contributed by atoms with E-state index in [0.29, 0.717) is 27.9 Å². The Morgan fingerprint density at radius 2 is 1.24 bits per heavy atom. The van der Waals surface area contributed by atoms with Gasteiger partial charge in [0.05, 0.1) is 23.6 Å². The Morgan fingerprint density at radius 1 is 0.571 bits per heavy atom. The van der Waals surface area contributed by atoms with Crippen LogP contribution < -0.4 is 0 Å². The van der Waals surface area contributed by atoms with E-state index >= 15 is 0 Å². The van der Waals surface area contributed by atoms with Gasteiger partial charge in [-0.05, 0) is 92.6 Å². The summed E-state index contributed by atoms with van der Waals surface area (Å²) in [6, 6.07) is 40.9. The molecule has 0 aliphatic rings. The molecule has 230 valence electrons. The number of aryl methyl sites for hydroxylation is 1. The first-order chi connectivity index (χ1) is 27.5. The van der Waals surface area contributed by atoms with E-state index in [1.807, 2.05) is 109 Å². The van der Waals surface area contributed by atoms with Gasteiger partial charge in [-0.25, -0.2) is 4.98 Å². The van der Waals surface area contributed by atoms with Crippen LogP contribution in [0.5, 0.6) is 0 Å². The van der Waals surface area contributed by atoms with Gasteiger partial charge in [-0.1, -0.05) is 127 Å². The second-order valence-electron chi connectivity index (χ2n) is 12.1. The Hall–Kier alpha value is -6.45. The van der Waals surface area contributed by atoms with Crippen LogP contribution in [0.2, 0.25) is 0 Å². The number of imidazole rings is 1. The van der Waals surface area contributed by atoms with Crippen molar-refractivity contribution in [1.82, 2.24) is 9.55 Å². The summed E-state index contributed by atoms with van der Waals surface area (Å²) in [5.74, 6) is -0.0524. The molecule has 2 aromatic heterocycles. The van der Waals surface area contributed by atoms with Crippen molar-refractivity contribution in [2.45, 2.75) is 6.85 Å². The molecule has 10 rings (SSSR count). The molecular formula is C46H30N2O. The molecule has 0 unspecified atom stereocenters. The number of benzene rings is 8. The van der Waals surface area contributed by atoms with Gasteiger partial charge in [-0.3, -0.25) is 4.57 Å². The monoisotopic (exact) mass is 634 g/mol. The standard InChI is InChI=1S/C46H30N2O/c1-29-47-39-21-9-11-23-41(39)48(29)40-22-10-7-18-35(40)44-32-16-5-6-17-33(32)45(38-28-31(26-27-34(38)44)30-14-3-2-4-15-30)37-20-13-25-43-46(37)36-19-8-12-24-42(36)49-43/h2-28H,1H3/i1D3,2D,3D,4D,14D,15D. The number of hydrogen-bond donors (Lipinski definition) is 0. The number of furan rings is 1. The summed E-state index contributed by atoms with van der Waals surface area (Å²) in [7, 11) is 0. The van der Waals surface area contributed by atoms with Crippen molar-refractivity contribution < 1.29 is 15.4 Å². The third-order valence-electron chi connectivity index (χ3n) is 9.46. The van der Waals surface area contributed by atoms with Crippen molar-refractivity contribution in [3.8, 4) is 39.1 Å². The van der Waals surface area contributed by atoms with Crippen LogP contribution in [0, 0.1) is 6.85 Å². The number of nitrogens with zero attached hydrogens (tertiary/aromatic N) is 2. The summed E-state index contributed by atoms with van der Waals surface area (Å²) in [5, 5.41) is 5.27. The van der Waals surface area contributed by atoms with Crippen LogP contribution >= 0.6 is 0 Å². The molecule has 0 aliphatic heterocycles. The van der Waals surface area contributed by atoms with Crippen LogP contribution in [-0.2, 0) is 0 Å². The third-order valence-corrected chi connectivity index (χ3v) is 9.46. The number of rotatable bonds is 4. The molecular weight excluding hydrogens is 597 g/mol. The fraction of sp³-hybridized carbons (Fsp3) is 0.0217. The van der Waals surface area contributed by atoms with E-state index in [9.17, 15) is 0 Å². The fourth-order valence-electron chi connectivity index (χ4n) is 7.44. The quantitative estimate of drug-likeness (QED) is 0.180. The van der Waals surface area contributed by atoms with E-state index in [1.165, 1.54) is 0 Å². The lowest BCUT2D eigenvalue weighted by atomic mass is 9.83. The Labute approximate surface area is 294 Å². The summed E-state index contributed by atoms with van der Waals surface area (Å²) in [4.78, 5) is 4.62. The first kappa shape index (κ1) is 20.7. The third kappa shape index (κ3) is 4.19. The SMILES string of the molecule is [2H]c1c([2H])c([2H])c(-c2ccc3c(-c4ccccc4-n4c(C([2H])([2H])[2H])nc5ccccc54)c4ccccc4c(-c4cccc5oc6ccccc6c45)c3c2)c([2H])c1[2H]. The summed E-state index contributed by atoms with van der Waals surface area (Å²) in [6.45, 7) is -2.52. The normalized spacial score (nSPS) is 14.4. The predicted molar refractivity (Wildman–Crippen MR) is 204 cm³/mol. The van der Waals surface area contributed by atoms with Crippen molar-refractivity contribution >= 4 is 54.5 Å². The summed E-state index contributed by atoms with van der Waals surface area (Å²) >= 11 is 0. The largest absolute Gasteiger partial charge is 0.456 e. The lowest BCUT2D eigenvalue weighted by molar-refractivity contribution is 0.669. The molecule has 0 fully saturated rings. The Bertz CT molecular complexity index is 3280. The van der Waals surface area contributed by atoms with Crippen LogP contribution in [-0.4, -0.2) is 9.55 Å². The van der Waals surface area contributed by atoms with Gasteiger partial charge in [0.25, 0.3) is 0 Å². The molecule has 0 amide bonds. The van der Waals surface area contributed by atoms with Gasteiger partial charge in [0.1, 0.15) is 17.0 Å². The Balaban J connectivity index is 1.39. The number of hydrogen-bond acceptors (Lipinski definition) is 2. The molecule has 49 heavy (non-hydrogen) atoms. The molecule has 0 N–H and O–H groups in total. The van der Waals surface area contributed by atoms with Crippen molar-refractivity contribution in [3.05, 3.63) is 169 Å². The van der Waals surface area contributed by atoms with Crippen LogP contribution in [0.15, 0.2) is 168 Å². The van der Waals surface area contributed by atoms with Gasteiger partial charge in [0, 0.05) is 20.4 Å². The molecule has 2 heterocycles. The fourth-order valence-corrected chi connectivity index (χ4v) is 7.44. The Morgan fingerprint density at radius 3 is 2.10 bits per heavy atom. The minimum absolute atomic E-state index is 0.0524. The summed E-state index contributed by atoms with van der Waals surface area (Å²) < 4.78 is 76.6. The molecule has 8 aromatic carbocycles. The van der Waals surface area contributed by atoms with Gasteiger partial charge >= 0.3 is 0 Å². The lowest BCUT2D eigenvalue weighted by Crippen LogP contribution is -2.01. The van der Waals surface area contributed by atoms with Gasteiger partial charge in [-0.2, -0.15) is 0 Å². The Kier molecular flexibility index (Phi) is 4.56. The average Bonchev–Trinajstić information content (AvgIpc) is 3.81. The maximum absolute atomic E-state index is 8.89. The number of para-hydroxylation sites is 4. The maximum Gasteiger partial charge on any atom is 0.136 e. The first-order valence-corrected chi connectivity index (χ1v) is 16.1. The molecule has 0 radical (unpaired) electrons. The van der Waals surface area contributed by atoms with Crippen LogP contribution in [0.1, 0.15) is 16.8 Å². The summed E-state index contributed by atoms with van der Waals surface area (Å²) in [5.41, 5.74) is 7.26. The first-order valence-electron chi connectivity index (χ1n) is 20.1.